The summed E-state index contributed by atoms with van der Waals surface area (Å²) in [5, 5.41) is 4.26. The van der Waals surface area contributed by atoms with Gasteiger partial charge in [0.2, 0.25) is 0 Å². The molecule has 1 heterocycles. The van der Waals surface area contributed by atoms with Gasteiger partial charge in [0.25, 0.3) is 0 Å². The van der Waals surface area contributed by atoms with E-state index in [0.29, 0.717) is 5.92 Å². The molecule has 0 spiro atoms. The van der Waals surface area contributed by atoms with Gasteiger partial charge in [-0.25, -0.2) is 0 Å². The standard InChI is InChI=1S/C23H31NO3/c1-13-21-20(27-24-13)12-19-17-6-5-15-11-16(26-14(2)25)7-9-22(15,3)18(17)8-10-23(19,21)4/h5,16-19H,6-12H2,1-4H3/t16-,17-,18-,19-,22-,23-/m0/s1. The fraction of sp³-hybridized carbons (Fsp3) is 0.739. The van der Waals surface area contributed by atoms with Crippen molar-refractivity contribution in [3.05, 3.63) is 28.7 Å². The number of nitrogens with zero attached hydrogens (tertiary/aromatic N) is 1. The molecule has 4 heteroatoms. The number of hydrogen-bond donors (Lipinski definition) is 0. The van der Waals surface area contributed by atoms with Crippen LogP contribution in [-0.4, -0.2) is 17.2 Å². The smallest absolute Gasteiger partial charge is 0.302 e. The summed E-state index contributed by atoms with van der Waals surface area (Å²) >= 11 is 0. The molecule has 0 radical (unpaired) electrons. The summed E-state index contributed by atoms with van der Waals surface area (Å²) in [4.78, 5) is 11.4. The first kappa shape index (κ1) is 17.5. The van der Waals surface area contributed by atoms with Crippen molar-refractivity contribution in [3.8, 4) is 0 Å². The first-order chi connectivity index (χ1) is 12.8. The van der Waals surface area contributed by atoms with Crippen molar-refractivity contribution in [3.63, 3.8) is 0 Å². The minimum Gasteiger partial charge on any atom is -0.462 e. The number of hydrogen-bond acceptors (Lipinski definition) is 4. The highest BCUT2D eigenvalue weighted by molar-refractivity contribution is 5.66. The average molecular weight is 370 g/mol. The van der Waals surface area contributed by atoms with Crippen molar-refractivity contribution in [1.29, 1.82) is 0 Å². The second kappa shape index (κ2) is 5.71. The number of aryl methyl sites for hydroxylation is 1. The van der Waals surface area contributed by atoms with Crippen LogP contribution in [0.3, 0.4) is 0 Å². The van der Waals surface area contributed by atoms with Gasteiger partial charge in [0.15, 0.2) is 0 Å². The molecule has 0 bridgehead atoms. The van der Waals surface area contributed by atoms with E-state index in [1.807, 2.05) is 0 Å². The summed E-state index contributed by atoms with van der Waals surface area (Å²) in [6.45, 7) is 8.59. The highest BCUT2D eigenvalue weighted by Gasteiger charge is 2.59. The second-order valence-electron chi connectivity index (χ2n) is 9.96. The Morgan fingerprint density at radius 3 is 2.74 bits per heavy atom. The summed E-state index contributed by atoms with van der Waals surface area (Å²) in [5.74, 6) is 3.15. The second-order valence-corrected chi connectivity index (χ2v) is 9.96. The molecule has 0 aromatic carbocycles. The van der Waals surface area contributed by atoms with Crippen LogP contribution in [0.4, 0.5) is 0 Å². The van der Waals surface area contributed by atoms with Gasteiger partial charge in [-0.2, -0.15) is 0 Å². The summed E-state index contributed by atoms with van der Waals surface area (Å²) in [7, 11) is 0. The van der Waals surface area contributed by atoms with Crippen LogP contribution in [0.15, 0.2) is 16.2 Å². The van der Waals surface area contributed by atoms with Crippen molar-refractivity contribution in [1.82, 2.24) is 5.16 Å². The van der Waals surface area contributed by atoms with Crippen molar-refractivity contribution < 1.29 is 14.1 Å². The van der Waals surface area contributed by atoms with Crippen LogP contribution in [0.25, 0.3) is 0 Å². The maximum atomic E-state index is 11.4. The normalized spacial score (nSPS) is 42.4. The molecule has 0 amide bonds. The Balaban J connectivity index is 1.45. The lowest BCUT2D eigenvalue weighted by Crippen LogP contribution is -2.51. The predicted molar refractivity (Wildman–Crippen MR) is 102 cm³/mol. The van der Waals surface area contributed by atoms with Gasteiger partial charge >= 0.3 is 5.97 Å². The van der Waals surface area contributed by atoms with E-state index >= 15 is 0 Å². The lowest BCUT2D eigenvalue weighted by molar-refractivity contribution is -0.148. The summed E-state index contributed by atoms with van der Waals surface area (Å²) in [6, 6.07) is 0. The Bertz CT molecular complexity index is 824. The third-order valence-corrected chi connectivity index (χ3v) is 8.69. The van der Waals surface area contributed by atoms with Crippen LogP contribution in [0.1, 0.15) is 76.3 Å². The van der Waals surface area contributed by atoms with Gasteiger partial charge in [-0.1, -0.05) is 30.7 Å². The van der Waals surface area contributed by atoms with Gasteiger partial charge in [-0.15, -0.1) is 0 Å². The molecular formula is C23H31NO3. The summed E-state index contributed by atoms with van der Waals surface area (Å²) in [6.07, 6.45) is 10.4. The summed E-state index contributed by atoms with van der Waals surface area (Å²) in [5.41, 5.74) is 4.59. The molecule has 0 saturated heterocycles. The van der Waals surface area contributed by atoms with Crippen molar-refractivity contribution >= 4 is 5.97 Å². The van der Waals surface area contributed by atoms with Gasteiger partial charge in [0, 0.05) is 30.7 Å². The van der Waals surface area contributed by atoms with Crippen molar-refractivity contribution in [2.75, 3.05) is 0 Å². The molecule has 1 aromatic rings. The summed E-state index contributed by atoms with van der Waals surface area (Å²) < 4.78 is 11.3. The third-order valence-electron chi connectivity index (χ3n) is 8.69. The number of ether oxygens (including phenoxy) is 1. The number of fused-ring (bicyclic) bond motifs is 7. The van der Waals surface area contributed by atoms with Crippen LogP contribution in [0.2, 0.25) is 0 Å². The molecule has 2 fully saturated rings. The molecule has 27 heavy (non-hydrogen) atoms. The fourth-order valence-electron chi connectivity index (χ4n) is 7.46. The molecule has 0 aliphatic heterocycles. The van der Waals surface area contributed by atoms with Crippen LogP contribution < -0.4 is 0 Å². The van der Waals surface area contributed by atoms with E-state index in [4.69, 9.17) is 9.26 Å². The molecule has 2 saturated carbocycles. The minimum atomic E-state index is -0.144. The minimum absolute atomic E-state index is 0.0800. The SMILES string of the molecule is CC(=O)O[C@H]1CC[C@@]2(C)C(=CC[C@H]3[C@@H]2CC[C@]2(C)c4c(C)noc4C[C@@H]32)C1. The Morgan fingerprint density at radius 1 is 1.19 bits per heavy atom. The van der Waals surface area contributed by atoms with E-state index in [2.05, 4.69) is 32.0 Å². The topological polar surface area (TPSA) is 52.3 Å². The molecular weight excluding hydrogens is 338 g/mol. The lowest BCUT2D eigenvalue weighted by atomic mass is 9.47. The van der Waals surface area contributed by atoms with E-state index in [9.17, 15) is 4.79 Å². The molecule has 5 rings (SSSR count). The van der Waals surface area contributed by atoms with E-state index in [1.54, 1.807) is 5.57 Å². The highest BCUT2D eigenvalue weighted by atomic mass is 16.5. The molecule has 0 N–H and O–H groups in total. The molecule has 4 aliphatic carbocycles. The van der Waals surface area contributed by atoms with Gasteiger partial charge in [0.1, 0.15) is 11.9 Å². The zero-order chi connectivity index (χ0) is 19.0. The fourth-order valence-corrected chi connectivity index (χ4v) is 7.46. The van der Waals surface area contributed by atoms with Gasteiger partial charge in [0.05, 0.1) is 5.69 Å². The molecule has 4 aliphatic rings. The highest BCUT2D eigenvalue weighted by Crippen LogP contribution is 2.64. The monoisotopic (exact) mass is 369 g/mol. The Kier molecular flexibility index (Phi) is 3.71. The van der Waals surface area contributed by atoms with Crippen LogP contribution in [-0.2, 0) is 21.4 Å². The zero-order valence-electron chi connectivity index (χ0n) is 17.0. The van der Waals surface area contributed by atoms with E-state index in [-0.39, 0.29) is 22.9 Å². The van der Waals surface area contributed by atoms with Crippen LogP contribution in [0, 0.1) is 30.1 Å². The average Bonchev–Trinajstić information content (AvgIpc) is 3.12. The predicted octanol–water partition coefficient (Wildman–Crippen LogP) is 4.89. The number of aromatic nitrogens is 1. The lowest BCUT2D eigenvalue weighted by Gasteiger charge is -2.57. The molecule has 0 unspecified atom stereocenters. The largest absolute Gasteiger partial charge is 0.462 e. The quantitative estimate of drug-likeness (QED) is 0.522. The number of carbonyl (C=O) groups excluding carboxylic acids is 1. The number of carbonyl (C=O) groups is 1. The Hall–Kier alpha value is -1.58. The van der Waals surface area contributed by atoms with Gasteiger partial charge in [-0.05, 0) is 62.2 Å². The number of esters is 1. The molecule has 146 valence electrons. The molecule has 6 atom stereocenters. The van der Waals surface area contributed by atoms with Crippen molar-refractivity contribution in [2.24, 2.45) is 23.2 Å². The Labute approximate surface area is 161 Å². The zero-order valence-corrected chi connectivity index (χ0v) is 17.0. The van der Waals surface area contributed by atoms with Gasteiger partial charge in [-0.3, -0.25) is 4.79 Å². The van der Waals surface area contributed by atoms with Crippen LogP contribution >= 0.6 is 0 Å². The number of rotatable bonds is 1. The maximum Gasteiger partial charge on any atom is 0.302 e. The van der Waals surface area contributed by atoms with E-state index < -0.39 is 0 Å². The van der Waals surface area contributed by atoms with E-state index in [0.717, 1.165) is 49.0 Å². The van der Waals surface area contributed by atoms with Gasteiger partial charge < -0.3 is 9.26 Å². The van der Waals surface area contributed by atoms with Crippen molar-refractivity contribution in [2.45, 2.75) is 84.2 Å². The first-order valence-corrected chi connectivity index (χ1v) is 10.7. The third kappa shape index (κ3) is 2.34. The number of allylic oxidation sites excluding steroid dienone is 1. The molecule has 4 nitrogen and oxygen atoms in total. The van der Waals surface area contributed by atoms with Crippen LogP contribution in [0.5, 0.6) is 0 Å². The molecule has 1 aromatic heterocycles. The van der Waals surface area contributed by atoms with E-state index in [1.165, 1.54) is 31.7 Å². The maximum absolute atomic E-state index is 11.4. The first-order valence-electron chi connectivity index (χ1n) is 10.7. The Morgan fingerprint density at radius 2 is 1.96 bits per heavy atom.